The number of benzene rings is 1. The van der Waals surface area contributed by atoms with E-state index < -0.39 is 0 Å². The van der Waals surface area contributed by atoms with Crippen LogP contribution in [0.4, 0.5) is 0 Å². The summed E-state index contributed by atoms with van der Waals surface area (Å²) in [5.41, 5.74) is 1.33. The maximum absolute atomic E-state index is 9.26. The molecule has 1 aliphatic carbocycles. The highest BCUT2D eigenvalue weighted by molar-refractivity contribution is 7.98. The van der Waals surface area contributed by atoms with Crippen molar-refractivity contribution < 1.29 is 5.11 Å². The predicted octanol–water partition coefficient (Wildman–Crippen LogP) is 2.66. The molecule has 0 aromatic heterocycles. The summed E-state index contributed by atoms with van der Waals surface area (Å²) in [6, 6.07) is 9.20. The minimum atomic E-state index is 0.322. The Hall–Kier alpha value is -0.510. The van der Waals surface area contributed by atoms with Crippen LogP contribution in [-0.2, 0) is 6.54 Å². The topological polar surface area (TPSA) is 32.3 Å². The van der Waals surface area contributed by atoms with Crippen molar-refractivity contribution >= 4 is 11.8 Å². The first-order valence-corrected chi connectivity index (χ1v) is 7.53. The van der Waals surface area contributed by atoms with Gasteiger partial charge in [-0.05, 0) is 42.7 Å². The second kappa shape index (κ2) is 6.43. The standard InChI is InChI=1S/C14H21NOS/c1-17-13-7-5-11(6-8-13)9-15-14-4-2-3-12(14)10-16/h5-8,12,14-16H,2-4,9-10H2,1H3. The summed E-state index contributed by atoms with van der Waals surface area (Å²) in [5.74, 6) is 0.459. The van der Waals surface area contributed by atoms with E-state index in [2.05, 4.69) is 35.8 Å². The van der Waals surface area contributed by atoms with Crippen molar-refractivity contribution in [2.24, 2.45) is 5.92 Å². The summed E-state index contributed by atoms with van der Waals surface area (Å²) in [6.07, 6.45) is 5.71. The van der Waals surface area contributed by atoms with E-state index in [1.54, 1.807) is 11.8 Å². The van der Waals surface area contributed by atoms with Crippen LogP contribution < -0.4 is 5.32 Å². The fourth-order valence-electron chi connectivity index (χ4n) is 2.52. The molecule has 3 heteroatoms. The molecule has 1 aromatic carbocycles. The highest BCUT2D eigenvalue weighted by Crippen LogP contribution is 2.25. The summed E-state index contributed by atoms with van der Waals surface area (Å²) in [6.45, 7) is 1.24. The van der Waals surface area contributed by atoms with Crippen molar-refractivity contribution in [3.63, 3.8) is 0 Å². The molecule has 1 fully saturated rings. The normalized spacial score (nSPS) is 24.1. The van der Waals surface area contributed by atoms with Gasteiger partial charge in [0.2, 0.25) is 0 Å². The van der Waals surface area contributed by atoms with Crippen LogP contribution in [0.25, 0.3) is 0 Å². The molecule has 0 saturated heterocycles. The second-order valence-electron chi connectivity index (χ2n) is 4.71. The van der Waals surface area contributed by atoms with E-state index in [-0.39, 0.29) is 0 Å². The molecule has 0 aliphatic heterocycles. The Bertz CT molecular complexity index is 339. The number of hydrogen-bond acceptors (Lipinski definition) is 3. The van der Waals surface area contributed by atoms with Crippen LogP contribution in [0.5, 0.6) is 0 Å². The third kappa shape index (κ3) is 3.47. The Labute approximate surface area is 108 Å². The fraction of sp³-hybridized carbons (Fsp3) is 0.571. The number of hydrogen-bond donors (Lipinski definition) is 2. The van der Waals surface area contributed by atoms with Crippen LogP contribution in [0.1, 0.15) is 24.8 Å². The molecule has 1 aliphatic rings. The van der Waals surface area contributed by atoms with Gasteiger partial charge in [0.15, 0.2) is 0 Å². The first-order valence-electron chi connectivity index (χ1n) is 6.30. The smallest absolute Gasteiger partial charge is 0.0474 e. The van der Waals surface area contributed by atoms with Gasteiger partial charge < -0.3 is 10.4 Å². The minimum absolute atomic E-state index is 0.322. The van der Waals surface area contributed by atoms with Gasteiger partial charge in [0.05, 0.1) is 0 Å². The average Bonchev–Trinajstić information content (AvgIpc) is 2.84. The van der Waals surface area contributed by atoms with Gasteiger partial charge in [-0.1, -0.05) is 18.6 Å². The molecular weight excluding hydrogens is 230 g/mol. The van der Waals surface area contributed by atoms with E-state index in [9.17, 15) is 5.11 Å². The molecule has 0 amide bonds. The first-order chi connectivity index (χ1) is 8.33. The molecule has 2 nitrogen and oxygen atoms in total. The molecule has 94 valence electrons. The van der Waals surface area contributed by atoms with Crippen molar-refractivity contribution in [1.82, 2.24) is 5.32 Å². The van der Waals surface area contributed by atoms with Gasteiger partial charge in [0.1, 0.15) is 0 Å². The Morgan fingerprint density at radius 2 is 2.06 bits per heavy atom. The van der Waals surface area contributed by atoms with Crippen molar-refractivity contribution in [2.45, 2.75) is 36.7 Å². The van der Waals surface area contributed by atoms with Gasteiger partial charge in [0, 0.05) is 24.1 Å². The third-order valence-corrected chi connectivity index (χ3v) is 4.36. The number of rotatable bonds is 5. The molecular formula is C14H21NOS. The highest BCUT2D eigenvalue weighted by Gasteiger charge is 2.25. The summed E-state index contributed by atoms with van der Waals surface area (Å²) in [4.78, 5) is 1.31. The van der Waals surface area contributed by atoms with Crippen molar-refractivity contribution in [3.05, 3.63) is 29.8 Å². The quantitative estimate of drug-likeness (QED) is 0.789. The number of aliphatic hydroxyl groups is 1. The van der Waals surface area contributed by atoms with E-state index in [1.807, 2.05) is 0 Å². The van der Waals surface area contributed by atoms with E-state index in [4.69, 9.17) is 0 Å². The Morgan fingerprint density at radius 1 is 1.29 bits per heavy atom. The number of aliphatic hydroxyl groups excluding tert-OH is 1. The van der Waals surface area contributed by atoms with E-state index >= 15 is 0 Å². The zero-order valence-electron chi connectivity index (χ0n) is 10.4. The summed E-state index contributed by atoms with van der Waals surface area (Å²) >= 11 is 1.77. The Balaban J connectivity index is 1.84. The molecule has 2 N–H and O–H groups in total. The van der Waals surface area contributed by atoms with Crippen LogP contribution in [0.3, 0.4) is 0 Å². The van der Waals surface area contributed by atoms with Crippen molar-refractivity contribution in [1.29, 1.82) is 0 Å². The molecule has 0 bridgehead atoms. The zero-order chi connectivity index (χ0) is 12.1. The first kappa shape index (κ1) is 12.9. The average molecular weight is 251 g/mol. The van der Waals surface area contributed by atoms with E-state index in [1.165, 1.54) is 29.7 Å². The monoisotopic (exact) mass is 251 g/mol. The molecule has 2 rings (SSSR count). The van der Waals surface area contributed by atoms with Crippen LogP contribution >= 0.6 is 11.8 Å². The lowest BCUT2D eigenvalue weighted by molar-refractivity contribution is 0.205. The predicted molar refractivity (Wildman–Crippen MR) is 73.3 cm³/mol. The Kier molecular flexibility index (Phi) is 4.89. The highest BCUT2D eigenvalue weighted by atomic mass is 32.2. The second-order valence-corrected chi connectivity index (χ2v) is 5.59. The fourth-order valence-corrected chi connectivity index (χ4v) is 2.92. The van der Waals surface area contributed by atoms with E-state index in [0.717, 1.165) is 6.54 Å². The third-order valence-electron chi connectivity index (χ3n) is 3.62. The maximum atomic E-state index is 9.26. The zero-order valence-corrected chi connectivity index (χ0v) is 11.2. The summed E-state index contributed by atoms with van der Waals surface area (Å²) in [5, 5.41) is 12.8. The van der Waals surface area contributed by atoms with Gasteiger partial charge in [0.25, 0.3) is 0 Å². The van der Waals surface area contributed by atoms with Gasteiger partial charge >= 0.3 is 0 Å². The van der Waals surface area contributed by atoms with Crippen molar-refractivity contribution in [2.75, 3.05) is 12.9 Å². The van der Waals surface area contributed by atoms with Crippen LogP contribution in [0.15, 0.2) is 29.2 Å². The molecule has 1 aromatic rings. The maximum Gasteiger partial charge on any atom is 0.0474 e. The van der Waals surface area contributed by atoms with Gasteiger partial charge in [-0.15, -0.1) is 11.8 Å². The Morgan fingerprint density at radius 3 is 2.71 bits per heavy atom. The van der Waals surface area contributed by atoms with Crippen LogP contribution in [0, 0.1) is 5.92 Å². The number of nitrogens with one attached hydrogen (secondary N) is 1. The number of thioether (sulfide) groups is 1. The summed E-state index contributed by atoms with van der Waals surface area (Å²) in [7, 11) is 0. The van der Waals surface area contributed by atoms with Gasteiger partial charge in [-0.2, -0.15) is 0 Å². The molecule has 17 heavy (non-hydrogen) atoms. The molecule has 0 heterocycles. The van der Waals surface area contributed by atoms with Gasteiger partial charge in [-0.3, -0.25) is 0 Å². The summed E-state index contributed by atoms with van der Waals surface area (Å²) < 4.78 is 0. The molecule has 1 saturated carbocycles. The van der Waals surface area contributed by atoms with E-state index in [0.29, 0.717) is 18.6 Å². The van der Waals surface area contributed by atoms with Crippen LogP contribution in [-0.4, -0.2) is 24.0 Å². The SMILES string of the molecule is CSc1ccc(CNC2CCCC2CO)cc1. The minimum Gasteiger partial charge on any atom is -0.396 e. The molecule has 0 spiro atoms. The van der Waals surface area contributed by atoms with Gasteiger partial charge in [-0.25, -0.2) is 0 Å². The molecule has 2 unspecified atom stereocenters. The van der Waals surface area contributed by atoms with Crippen LogP contribution in [0.2, 0.25) is 0 Å². The molecule has 2 atom stereocenters. The largest absolute Gasteiger partial charge is 0.396 e. The lowest BCUT2D eigenvalue weighted by Crippen LogP contribution is -2.33. The lowest BCUT2D eigenvalue weighted by Gasteiger charge is -2.19. The molecule has 0 radical (unpaired) electrons. The lowest BCUT2D eigenvalue weighted by atomic mass is 10.0. The van der Waals surface area contributed by atoms with Crippen molar-refractivity contribution in [3.8, 4) is 0 Å².